The summed E-state index contributed by atoms with van der Waals surface area (Å²) in [7, 11) is 0. The summed E-state index contributed by atoms with van der Waals surface area (Å²) in [5.74, 6) is 0.220. The van der Waals surface area contributed by atoms with Gasteiger partial charge in [0.05, 0.1) is 0 Å². The van der Waals surface area contributed by atoms with Crippen molar-refractivity contribution in [3.05, 3.63) is 48.6 Å². The zero-order chi connectivity index (χ0) is 9.68. The van der Waals surface area contributed by atoms with Crippen LogP contribution in [0.2, 0.25) is 0 Å². The molecule has 0 fully saturated rings. The first-order valence-corrected chi connectivity index (χ1v) is 4.47. The molecule has 0 unspecified atom stereocenters. The Labute approximate surface area is 79.2 Å². The van der Waals surface area contributed by atoms with Crippen molar-refractivity contribution in [2.45, 2.75) is 19.3 Å². The van der Waals surface area contributed by atoms with Crippen LogP contribution in [0, 0.1) is 0 Å². The minimum atomic E-state index is 0.220. The van der Waals surface area contributed by atoms with Gasteiger partial charge in [0.15, 0.2) is 5.78 Å². The van der Waals surface area contributed by atoms with E-state index < -0.39 is 0 Å². The number of rotatable bonds is 3. The quantitative estimate of drug-likeness (QED) is 0.601. The fourth-order valence-corrected chi connectivity index (χ4v) is 1.45. The van der Waals surface area contributed by atoms with Gasteiger partial charge in [-0.3, -0.25) is 4.79 Å². The molecule has 0 amide bonds. The van der Waals surface area contributed by atoms with Crippen LogP contribution in [0.5, 0.6) is 0 Å². The highest BCUT2D eigenvalue weighted by molar-refractivity contribution is 5.92. The Hall–Kier alpha value is -1.37. The molecule has 0 spiro atoms. The molecule has 13 heavy (non-hydrogen) atoms. The normalized spacial score (nSPS) is 18.0. The highest BCUT2D eigenvalue weighted by Gasteiger charge is 2.10. The van der Waals surface area contributed by atoms with Crippen molar-refractivity contribution >= 4 is 5.78 Å². The Kier molecular flexibility index (Phi) is 3.44. The first-order valence-electron chi connectivity index (χ1n) is 4.47. The van der Waals surface area contributed by atoms with Crippen LogP contribution >= 0.6 is 0 Å². The zero-order valence-corrected chi connectivity index (χ0v) is 7.75. The second kappa shape index (κ2) is 4.61. The van der Waals surface area contributed by atoms with Crippen molar-refractivity contribution in [3.63, 3.8) is 0 Å². The lowest BCUT2D eigenvalue weighted by atomic mass is 9.92. The van der Waals surface area contributed by atoms with Crippen LogP contribution < -0.4 is 0 Å². The predicted molar refractivity (Wildman–Crippen MR) is 55.4 cm³/mol. The molecule has 1 aliphatic carbocycles. The van der Waals surface area contributed by atoms with Gasteiger partial charge in [-0.15, -0.1) is 0 Å². The highest BCUT2D eigenvalue weighted by atomic mass is 16.1. The number of hydrogen-bond donors (Lipinski definition) is 0. The molecular weight excluding hydrogens is 160 g/mol. The Morgan fingerprint density at radius 2 is 2.15 bits per heavy atom. The lowest BCUT2D eigenvalue weighted by molar-refractivity contribution is -0.115. The van der Waals surface area contributed by atoms with E-state index in [9.17, 15) is 4.79 Å². The van der Waals surface area contributed by atoms with Crippen molar-refractivity contribution in [2.75, 3.05) is 0 Å². The third-order valence-corrected chi connectivity index (χ3v) is 2.09. The van der Waals surface area contributed by atoms with Crippen molar-refractivity contribution in [3.8, 4) is 0 Å². The number of allylic oxidation sites excluding steroid dienone is 6. The lowest BCUT2D eigenvalue weighted by Crippen LogP contribution is -2.03. The van der Waals surface area contributed by atoms with Crippen molar-refractivity contribution in [2.24, 2.45) is 0 Å². The summed E-state index contributed by atoms with van der Waals surface area (Å²) in [6.07, 6.45) is 9.70. The average Bonchev–Trinajstić information content (AvgIpc) is 2.14. The largest absolute Gasteiger partial charge is 0.295 e. The van der Waals surface area contributed by atoms with Gasteiger partial charge in [-0.1, -0.05) is 31.4 Å². The molecule has 1 aliphatic rings. The summed E-state index contributed by atoms with van der Waals surface area (Å²) in [6.45, 7) is 7.34. The Bertz CT molecular complexity index is 292. The van der Waals surface area contributed by atoms with E-state index in [0.717, 1.165) is 24.0 Å². The molecule has 0 aliphatic heterocycles. The summed E-state index contributed by atoms with van der Waals surface area (Å²) in [5.41, 5.74) is 2.11. The molecule has 1 nitrogen and oxygen atoms in total. The minimum absolute atomic E-state index is 0.220. The van der Waals surface area contributed by atoms with Crippen LogP contribution in [-0.4, -0.2) is 5.78 Å². The van der Waals surface area contributed by atoms with Gasteiger partial charge in [0, 0.05) is 6.42 Å². The monoisotopic (exact) mass is 174 g/mol. The third kappa shape index (κ3) is 2.55. The molecule has 0 atom stereocenters. The van der Waals surface area contributed by atoms with Crippen molar-refractivity contribution in [1.29, 1.82) is 0 Å². The Balaban J connectivity index is 2.91. The van der Waals surface area contributed by atoms with E-state index >= 15 is 0 Å². The Morgan fingerprint density at radius 1 is 1.38 bits per heavy atom. The summed E-state index contributed by atoms with van der Waals surface area (Å²) in [4.78, 5) is 11.1. The zero-order valence-electron chi connectivity index (χ0n) is 7.75. The SMILES string of the molecule is C=C/C=C(\C=C)C1=CC(=O)CCC1. The van der Waals surface area contributed by atoms with Gasteiger partial charge < -0.3 is 0 Å². The van der Waals surface area contributed by atoms with Crippen LogP contribution in [0.15, 0.2) is 48.6 Å². The standard InChI is InChI=1S/C12H14O/c1-3-6-10(4-2)11-7-5-8-12(13)9-11/h3-4,6,9H,1-2,5,7-8H2/b10-6+. The fraction of sp³-hybridized carbons (Fsp3) is 0.250. The first kappa shape index (κ1) is 9.72. The van der Waals surface area contributed by atoms with Crippen LogP contribution in [-0.2, 0) is 4.79 Å². The molecule has 0 N–H and O–H groups in total. The van der Waals surface area contributed by atoms with E-state index in [4.69, 9.17) is 0 Å². The first-order chi connectivity index (χ1) is 6.27. The van der Waals surface area contributed by atoms with Crippen LogP contribution in [0.3, 0.4) is 0 Å². The smallest absolute Gasteiger partial charge is 0.155 e. The van der Waals surface area contributed by atoms with Crippen molar-refractivity contribution < 1.29 is 4.79 Å². The summed E-state index contributed by atoms with van der Waals surface area (Å²) < 4.78 is 0. The van der Waals surface area contributed by atoms with Crippen LogP contribution in [0.1, 0.15) is 19.3 Å². The molecule has 0 radical (unpaired) electrons. The molecule has 0 saturated heterocycles. The van der Waals surface area contributed by atoms with Gasteiger partial charge in [0.25, 0.3) is 0 Å². The van der Waals surface area contributed by atoms with E-state index in [1.807, 2.05) is 6.08 Å². The van der Waals surface area contributed by atoms with Gasteiger partial charge in [0.1, 0.15) is 0 Å². The van der Waals surface area contributed by atoms with Gasteiger partial charge in [0.2, 0.25) is 0 Å². The number of carbonyl (C=O) groups is 1. The van der Waals surface area contributed by atoms with Gasteiger partial charge in [-0.2, -0.15) is 0 Å². The van der Waals surface area contributed by atoms with Gasteiger partial charge >= 0.3 is 0 Å². The van der Waals surface area contributed by atoms with Crippen molar-refractivity contribution in [1.82, 2.24) is 0 Å². The fourth-order valence-electron chi connectivity index (χ4n) is 1.45. The lowest BCUT2D eigenvalue weighted by Gasteiger charge is -2.12. The maximum atomic E-state index is 11.1. The average molecular weight is 174 g/mol. The number of carbonyl (C=O) groups excluding carboxylic acids is 1. The second-order valence-corrected chi connectivity index (χ2v) is 3.05. The van der Waals surface area contributed by atoms with E-state index in [1.54, 1.807) is 18.2 Å². The van der Waals surface area contributed by atoms with Crippen LogP contribution in [0.4, 0.5) is 0 Å². The molecule has 0 aromatic carbocycles. The molecule has 0 saturated carbocycles. The van der Waals surface area contributed by atoms with Gasteiger partial charge in [-0.05, 0) is 30.1 Å². The molecule has 0 aromatic heterocycles. The second-order valence-electron chi connectivity index (χ2n) is 3.05. The predicted octanol–water partition coefficient (Wildman–Crippen LogP) is 2.96. The van der Waals surface area contributed by atoms with Crippen LogP contribution in [0.25, 0.3) is 0 Å². The summed E-state index contributed by atoms with van der Waals surface area (Å²) in [6, 6.07) is 0. The summed E-state index contributed by atoms with van der Waals surface area (Å²) >= 11 is 0. The van der Waals surface area contributed by atoms with E-state index in [2.05, 4.69) is 13.2 Å². The molecular formula is C12H14O. The maximum absolute atomic E-state index is 11.1. The minimum Gasteiger partial charge on any atom is -0.295 e. The molecule has 1 heteroatoms. The molecule has 68 valence electrons. The van der Waals surface area contributed by atoms with E-state index in [-0.39, 0.29) is 5.78 Å². The molecule has 0 aromatic rings. The number of ketones is 1. The van der Waals surface area contributed by atoms with Gasteiger partial charge in [-0.25, -0.2) is 0 Å². The van der Waals surface area contributed by atoms with E-state index in [1.165, 1.54) is 0 Å². The topological polar surface area (TPSA) is 17.1 Å². The maximum Gasteiger partial charge on any atom is 0.155 e. The molecule has 0 heterocycles. The molecule has 1 rings (SSSR count). The van der Waals surface area contributed by atoms with E-state index in [0.29, 0.717) is 6.42 Å². The summed E-state index contributed by atoms with van der Waals surface area (Å²) in [5, 5.41) is 0. The Morgan fingerprint density at radius 3 is 2.69 bits per heavy atom. The third-order valence-electron chi connectivity index (χ3n) is 2.09. The highest BCUT2D eigenvalue weighted by Crippen LogP contribution is 2.22. The molecule has 0 bridgehead atoms. The number of hydrogen-bond acceptors (Lipinski definition) is 1.